The number of rotatable bonds is 3. The van der Waals surface area contributed by atoms with Gasteiger partial charge < -0.3 is 10.6 Å². The third-order valence-electron chi connectivity index (χ3n) is 4.24. The van der Waals surface area contributed by atoms with Gasteiger partial charge >= 0.3 is 12.2 Å². The van der Waals surface area contributed by atoms with E-state index in [1.807, 2.05) is 6.07 Å². The fraction of sp³-hybridized carbons (Fsp3) is 0.0500. The fourth-order valence-corrected chi connectivity index (χ4v) is 3.08. The van der Waals surface area contributed by atoms with Crippen LogP contribution in [0.15, 0.2) is 67.1 Å². The number of anilines is 2. The number of alkyl halides is 3. The van der Waals surface area contributed by atoms with Crippen molar-refractivity contribution in [3.8, 4) is 5.69 Å². The summed E-state index contributed by atoms with van der Waals surface area (Å²) in [6.07, 6.45) is -1.30. The van der Waals surface area contributed by atoms with Gasteiger partial charge in [-0.15, -0.1) is 0 Å². The summed E-state index contributed by atoms with van der Waals surface area (Å²) in [7, 11) is 0. The molecule has 0 saturated carbocycles. The molecule has 0 saturated heterocycles. The highest BCUT2D eigenvalue weighted by atomic mass is 35.5. The Balaban J connectivity index is 1.47. The van der Waals surface area contributed by atoms with Gasteiger partial charge in [0.05, 0.1) is 10.6 Å². The van der Waals surface area contributed by atoms with E-state index in [2.05, 4.69) is 20.6 Å². The summed E-state index contributed by atoms with van der Waals surface area (Å²) in [5, 5.41) is 4.49. The van der Waals surface area contributed by atoms with Crippen LogP contribution in [0.1, 0.15) is 5.56 Å². The molecule has 0 spiro atoms. The lowest BCUT2D eigenvalue weighted by molar-refractivity contribution is -0.137. The van der Waals surface area contributed by atoms with Gasteiger partial charge in [0.25, 0.3) is 0 Å². The topological polar surface area (TPSA) is 71.8 Å². The molecule has 0 aliphatic rings. The van der Waals surface area contributed by atoms with Gasteiger partial charge in [-0.25, -0.2) is 14.8 Å². The van der Waals surface area contributed by atoms with Gasteiger partial charge in [0, 0.05) is 23.3 Å². The molecule has 0 aliphatic carbocycles. The van der Waals surface area contributed by atoms with Gasteiger partial charge in [-0.1, -0.05) is 11.6 Å². The SMILES string of the molecule is O=C(Nc1ccc(-n2cnc3cccnc32)cc1)Nc1ccc(Cl)c(C(F)(F)F)c1. The fourth-order valence-electron chi connectivity index (χ4n) is 2.86. The van der Waals surface area contributed by atoms with Gasteiger partial charge in [0.1, 0.15) is 11.8 Å². The number of imidazole rings is 1. The maximum atomic E-state index is 12.9. The van der Waals surface area contributed by atoms with Gasteiger partial charge in [-0.2, -0.15) is 13.2 Å². The van der Waals surface area contributed by atoms with Crippen LogP contribution in [-0.4, -0.2) is 20.6 Å². The zero-order valence-corrected chi connectivity index (χ0v) is 15.9. The summed E-state index contributed by atoms with van der Waals surface area (Å²) in [4.78, 5) is 20.7. The van der Waals surface area contributed by atoms with Crippen LogP contribution in [0.25, 0.3) is 16.9 Å². The molecule has 6 nitrogen and oxygen atoms in total. The van der Waals surface area contributed by atoms with Crippen molar-refractivity contribution in [2.75, 3.05) is 10.6 Å². The third kappa shape index (κ3) is 4.06. The summed E-state index contributed by atoms with van der Waals surface area (Å²) >= 11 is 5.58. The summed E-state index contributed by atoms with van der Waals surface area (Å²) < 4.78 is 40.6. The van der Waals surface area contributed by atoms with E-state index in [1.165, 1.54) is 6.07 Å². The minimum absolute atomic E-state index is 0.0307. The highest BCUT2D eigenvalue weighted by molar-refractivity contribution is 6.31. The molecule has 2 aromatic heterocycles. The van der Waals surface area contributed by atoms with Gasteiger partial charge in [0.15, 0.2) is 5.65 Å². The number of aromatic nitrogens is 3. The van der Waals surface area contributed by atoms with E-state index in [-0.39, 0.29) is 5.69 Å². The van der Waals surface area contributed by atoms with Crippen LogP contribution in [-0.2, 0) is 6.18 Å². The first-order valence-electron chi connectivity index (χ1n) is 8.64. The number of halogens is 4. The van der Waals surface area contributed by atoms with E-state index < -0.39 is 22.8 Å². The average Bonchev–Trinajstić information content (AvgIpc) is 3.13. The minimum Gasteiger partial charge on any atom is -0.308 e. The Kier molecular flexibility index (Phi) is 5.04. The third-order valence-corrected chi connectivity index (χ3v) is 4.57. The number of hydrogen-bond donors (Lipinski definition) is 2. The zero-order chi connectivity index (χ0) is 21.3. The van der Waals surface area contributed by atoms with Crippen molar-refractivity contribution in [3.63, 3.8) is 0 Å². The van der Waals surface area contributed by atoms with E-state index in [0.717, 1.165) is 23.3 Å². The number of nitrogens with zero attached hydrogens (tertiary/aromatic N) is 3. The molecular weight excluding hydrogens is 419 g/mol. The van der Waals surface area contributed by atoms with Crippen molar-refractivity contribution >= 4 is 40.2 Å². The van der Waals surface area contributed by atoms with E-state index >= 15 is 0 Å². The van der Waals surface area contributed by atoms with Crippen molar-refractivity contribution in [2.45, 2.75) is 6.18 Å². The van der Waals surface area contributed by atoms with Gasteiger partial charge in [-0.3, -0.25) is 4.57 Å². The number of carbonyl (C=O) groups is 1. The number of hydrogen-bond acceptors (Lipinski definition) is 3. The summed E-state index contributed by atoms with van der Waals surface area (Å²) in [6, 6.07) is 12.9. The van der Waals surface area contributed by atoms with E-state index in [9.17, 15) is 18.0 Å². The summed E-state index contributed by atoms with van der Waals surface area (Å²) in [6.45, 7) is 0. The average molecular weight is 432 g/mol. The number of fused-ring (bicyclic) bond motifs is 1. The Morgan fingerprint density at radius 3 is 2.40 bits per heavy atom. The van der Waals surface area contributed by atoms with Crippen LogP contribution in [0.2, 0.25) is 5.02 Å². The largest absolute Gasteiger partial charge is 0.417 e. The molecule has 2 aromatic carbocycles. The molecule has 4 rings (SSSR count). The molecule has 4 aromatic rings. The maximum Gasteiger partial charge on any atom is 0.417 e. The molecule has 0 radical (unpaired) electrons. The monoisotopic (exact) mass is 431 g/mol. The first-order valence-corrected chi connectivity index (χ1v) is 9.02. The van der Waals surface area contributed by atoms with E-state index in [4.69, 9.17) is 11.6 Å². The lowest BCUT2D eigenvalue weighted by Crippen LogP contribution is -2.20. The standard InChI is InChI=1S/C20H13ClF3N5O/c21-16-8-5-13(10-15(16)20(22,23)24)28-19(30)27-12-3-6-14(7-4-12)29-11-26-17-2-1-9-25-18(17)29/h1-11H,(H2,27,28,30). The molecule has 2 heterocycles. The summed E-state index contributed by atoms with van der Waals surface area (Å²) in [5.41, 5.74) is 1.64. The van der Waals surface area contributed by atoms with Crippen molar-refractivity contribution in [1.82, 2.24) is 14.5 Å². The Morgan fingerprint density at radius 1 is 0.967 bits per heavy atom. The molecule has 152 valence electrons. The van der Waals surface area contributed by atoms with Crippen LogP contribution >= 0.6 is 11.6 Å². The predicted molar refractivity (Wildman–Crippen MR) is 108 cm³/mol. The second kappa shape index (κ2) is 7.68. The second-order valence-electron chi connectivity index (χ2n) is 6.28. The van der Waals surface area contributed by atoms with Crippen molar-refractivity contribution in [2.24, 2.45) is 0 Å². The molecule has 0 atom stereocenters. The van der Waals surface area contributed by atoms with Gasteiger partial charge in [0.2, 0.25) is 0 Å². The number of nitrogens with one attached hydrogen (secondary N) is 2. The predicted octanol–water partition coefficient (Wildman–Crippen LogP) is 5.74. The molecular formula is C20H13ClF3N5O. The van der Waals surface area contributed by atoms with E-state index in [1.54, 1.807) is 47.4 Å². The lowest BCUT2D eigenvalue weighted by Gasteiger charge is -2.12. The number of carbonyl (C=O) groups excluding carboxylic acids is 1. The molecule has 0 aliphatic heterocycles. The number of amides is 2. The molecule has 10 heteroatoms. The normalized spacial score (nSPS) is 11.5. The van der Waals surface area contributed by atoms with Crippen molar-refractivity contribution in [3.05, 3.63) is 77.7 Å². The second-order valence-corrected chi connectivity index (χ2v) is 6.69. The molecule has 0 bridgehead atoms. The van der Waals surface area contributed by atoms with Crippen molar-refractivity contribution in [1.29, 1.82) is 0 Å². The number of urea groups is 1. The van der Waals surface area contributed by atoms with Crippen molar-refractivity contribution < 1.29 is 18.0 Å². The molecule has 0 unspecified atom stereocenters. The lowest BCUT2D eigenvalue weighted by atomic mass is 10.2. The molecule has 2 N–H and O–H groups in total. The Hall–Kier alpha value is -3.59. The zero-order valence-electron chi connectivity index (χ0n) is 15.1. The molecule has 2 amide bonds. The number of benzene rings is 2. The van der Waals surface area contributed by atoms with Crippen LogP contribution in [0.3, 0.4) is 0 Å². The smallest absolute Gasteiger partial charge is 0.308 e. The highest BCUT2D eigenvalue weighted by Crippen LogP contribution is 2.36. The maximum absolute atomic E-state index is 12.9. The Morgan fingerprint density at radius 2 is 1.67 bits per heavy atom. The molecule has 0 fully saturated rings. The van der Waals surface area contributed by atoms with Crippen LogP contribution in [0.5, 0.6) is 0 Å². The van der Waals surface area contributed by atoms with E-state index in [0.29, 0.717) is 11.3 Å². The van der Waals surface area contributed by atoms with Crippen LogP contribution in [0, 0.1) is 0 Å². The quantitative estimate of drug-likeness (QED) is 0.434. The first kappa shape index (κ1) is 19.7. The summed E-state index contributed by atoms with van der Waals surface area (Å²) in [5.74, 6) is 0. The minimum atomic E-state index is -4.62. The molecule has 30 heavy (non-hydrogen) atoms. The highest BCUT2D eigenvalue weighted by Gasteiger charge is 2.33. The van der Waals surface area contributed by atoms with Crippen LogP contribution < -0.4 is 10.6 Å². The first-order chi connectivity index (χ1) is 14.3. The Labute approximate surface area is 173 Å². The van der Waals surface area contributed by atoms with Gasteiger partial charge in [-0.05, 0) is 54.6 Å². The van der Waals surface area contributed by atoms with Crippen LogP contribution in [0.4, 0.5) is 29.3 Å². The Bertz CT molecular complexity index is 1220. The number of pyridine rings is 1.